The predicted octanol–water partition coefficient (Wildman–Crippen LogP) is 3.52. The maximum atomic E-state index is 5.81. The number of hydrogen-bond donors (Lipinski definition) is 2. The number of nitrogen functional groups attached to an aromatic ring is 1. The maximum Gasteiger partial charge on any atom is 0.0588 e. The summed E-state index contributed by atoms with van der Waals surface area (Å²) < 4.78 is 0. The van der Waals surface area contributed by atoms with Crippen molar-refractivity contribution in [2.24, 2.45) is 5.73 Å². The van der Waals surface area contributed by atoms with E-state index in [1.165, 1.54) is 50.3 Å². The van der Waals surface area contributed by atoms with Gasteiger partial charge in [0, 0.05) is 62.7 Å². The Balaban J connectivity index is 0.000000806. The number of piperazine rings is 1. The van der Waals surface area contributed by atoms with E-state index in [0.29, 0.717) is 6.04 Å². The van der Waals surface area contributed by atoms with Gasteiger partial charge >= 0.3 is 0 Å². The van der Waals surface area contributed by atoms with Gasteiger partial charge < -0.3 is 16.4 Å². The first-order chi connectivity index (χ1) is 14.6. The third kappa shape index (κ3) is 5.94. The zero-order valence-corrected chi connectivity index (χ0v) is 18.8. The van der Waals surface area contributed by atoms with E-state index >= 15 is 0 Å². The van der Waals surface area contributed by atoms with Crippen LogP contribution in [0.1, 0.15) is 31.4 Å². The Morgan fingerprint density at radius 1 is 0.900 bits per heavy atom. The molecule has 2 aliphatic heterocycles. The van der Waals surface area contributed by atoms with Crippen molar-refractivity contribution in [2.75, 3.05) is 49.9 Å². The summed E-state index contributed by atoms with van der Waals surface area (Å²) in [4.78, 5) is 7.86. The van der Waals surface area contributed by atoms with Crippen LogP contribution in [0, 0.1) is 0 Å². The van der Waals surface area contributed by atoms with E-state index in [4.69, 9.17) is 5.73 Å². The van der Waals surface area contributed by atoms with Crippen molar-refractivity contribution in [2.45, 2.75) is 31.8 Å². The number of rotatable bonds is 4. The molecule has 6 heteroatoms. The SMILES string of the molecule is CC(c1ccccc1)N1CCC(N2CCN(c3ccc(N)cc3)CC2)CC1.NC=S. The molecule has 0 spiro atoms. The van der Waals surface area contributed by atoms with Crippen LogP contribution >= 0.6 is 12.2 Å². The smallest absolute Gasteiger partial charge is 0.0588 e. The molecule has 2 aromatic rings. The Labute approximate surface area is 186 Å². The Bertz CT molecular complexity index is 751. The summed E-state index contributed by atoms with van der Waals surface area (Å²) in [5, 5.41) is 0. The number of nitrogens with two attached hydrogens (primary N) is 2. The molecule has 30 heavy (non-hydrogen) atoms. The number of anilines is 2. The lowest BCUT2D eigenvalue weighted by atomic mass is 9.98. The topological polar surface area (TPSA) is 61.8 Å². The van der Waals surface area contributed by atoms with Crippen LogP contribution in [0.4, 0.5) is 11.4 Å². The van der Waals surface area contributed by atoms with Crippen LogP contribution in [0.2, 0.25) is 0 Å². The molecule has 2 heterocycles. The fourth-order valence-electron chi connectivity index (χ4n) is 4.61. The minimum Gasteiger partial charge on any atom is -0.399 e. The van der Waals surface area contributed by atoms with Crippen molar-refractivity contribution >= 4 is 29.1 Å². The van der Waals surface area contributed by atoms with Crippen LogP contribution in [0.3, 0.4) is 0 Å². The molecule has 0 amide bonds. The van der Waals surface area contributed by atoms with Gasteiger partial charge in [0.1, 0.15) is 0 Å². The Kier molecular flexibility index (Phi) is 8.49. The largest absolute Gasteiger partial charge is 0.399 e. The highest BCUT2D eigenvalue weighted by molar-refractivity contribution is 7.78. The summed E-state index contributed by atoms with van der Waals surface area (Å²) in [6, 6.07) is 20.5. The molecule has 1 atom stereocenters. The average Bonchev–Trinajstić information content (AvgIpc) is 2.80. The number of piperidine rings is 1. The zero-order chi connectivity index (χ0) is 21.3. The normalized spacial score (nSPS) is 19.6. The van der Waals surface area contributed by atoms with Crippen molar-refractivity contribution in [3.8, 4) is 0 Å². The number of nitrogens with zero attached hydrogens (tertiary/aromatic N) is 3. The lowest BCUT2D eigenvalue weighted by Crippen LogP contribution is -2.53. The second-order valence-electron chi connectivity index (χ2n) is 8.10. The monoisotopic (exact) mass is 425 g/mol. The van der Waals surface area contributed by atoms with Gasteiger partial charge in [-0.3, -0.25) is 9.80 Å². The van der Waals surface area contributed by atoms with E-state index in [2.05, 4.69) is 82.0 Å². The maximum absolute atomic E-state index is 5.81. The van der Waals surface area contributed by atoms with Gasteiger partial charge in [0.15, 0.2) is 0 Å². The molecule has 1 unspecified atom stereocenters. The summed E-state index contributed by atoms with van der Waals surface area (Å²) >= 11 is 4.05. The summed E-state index contributed by atoms with van der Waals surface area (Å²) in [5.74, 6) is 0. The molecular formula is C24H35N5S. The molecule has 0 aliphatic carbocycles. The molecule has 4 N–H and O–H groups in total. The highest BCUT2D eigenvalue weighted by Crippen LogP contribution is 2.27. The minimum absolute atomic E-state index is 0.523. The number of hydrogen-bond acceptors (Lipinski definition) is 5. The second kappa shape index (κ2) is 11.3. The highest BCUT2D eigenvalue weighted by Gasteiger charge is 2.29. The molecule has 5 nitrogen and oxygen atoms in total. The number of thiocarbonyl (C=S) groups is 1. The quantitative estimate of drug-likeness (QED) is 0.577. The van der Waals surface area contributed by atoms with Crippen molar-refractivity contribution in [3.05, 3.63) is 60.2 Å². The molecule has 2 aliphatic rings. The van der Waals surface area contributed by atoms with E-state index in [-0.39, 0.29) is 0 Å². The summed E-state index contributed by atoms with van der Waals surface area (Å²) in [6.45, 7) is 9.33. The van der Waals surface area contributed by atoms with Crippen molar-refractivity contribution in [3.63, 3.8) is 0 Å². The molecule has 0 saturated carbocycles. The first-order valence-electron chi connectivity index (χ1n) is 10.9. The van der Waals surface area contributed by atoms with Crippen molar-refractivity contribution < 1.29 is 0 Å². The van der Waals surface area contributed by atoms with Gasteiger partial charge in [-0.05, 0) is 49.6 Å². The molecular weight excluding hydrogens is 390 g/mol. The van der Waals surface area contributed by atoms with Gasteiger partial charge in [0.2, 0.25) is 0 Å². The van der Waals surface area contributed by atoms with Crippen molar-refractivity contribution in [1.82, 2.24) is 9.80 Å². The standard InChI is InChI=1S/C23H32N4.CH3NS/c1-19(20-5-3-2-4-6-20)25-13-11-23(12-14-25)27-17-15-26(16-18-27)22-9-7-21(24)8-10-22;2-1-3/h2-10,19,23H,11-18,24H2,1H3;1H,(H2,2,3). The average molecular weight is 426 g/mol. The van der Waals surface area contributed by atoms with Crippen LogP contribution in [-0.2, 0) is 0 Å². The summed E-state index contributed by atoms with van der Waals surface area (Å²) in [6.07, 6.45) is 2.58. The van der Waals surface area contributed by atoms with Crippen LogP contribution in [0.25, 0.3) is 0 Å². The van der Waals surface area contributed by atoms with Gasteiger partial charge in [-0.2, -0.15) is 0 Å². The highest BCUT2D eigenvalue weighted by atomic mass is 32.1. The van der Waals surface area contributed by atoms with Crippen molar-refractivity contribution in [1.29, 1.82) is 0 Å². The van der Waals surface area contributed by atoms with E-state index in [1.807, 2.05) is 12.1 Å². The van der Waals surface area contributed by atoms with E-state index in [1.54, 1.807) is 0 Å². The van der Waals surface area contributed by atoms with Gasteiger partial charge in [-0.15, -0.1) is 0 Å². The lowest BCUT2D eigenvalue weighted by Gasteiger charge is -2.44. The lowest BCUT2D eigenvalue weighted by molar-refractivity contribution is 0.0840. The Hall–Kier alpha value is -2.15. The van der Waals surface area contributed by atoms with Gasteiger partial charge in [-0.25, -0.2) is 0 Å². The van der Waals surface area contributed by atoms with Gasteiger partial charge in [0.05, 0.1) is 5.49 Å². The first kappa shape index (κ1) is 22.5. The minimum atomic E-state index is 0.523. The van der Waals surface area contributed by atoms with Crippen LogP contribution < -0.4 is 16.4 Å². The molecule has 0 aromatic heterocycles. The Morgan fingerprint density at radius 2 is 1.47 bits per heavy atom. The number of benzene rings is 2. The van der Waals surface area contributed by atoms with Gasteiger partial charge in [0.25, 0.3) is 0 Å². The van der Waals surface area contributed by atoms with E-state index in [9.17, 15) is 0 Å². The van der Waals surface area contributed by atoms with E-state index < -0.39 is 0 Å². The van der Waals surface area contributed by atoms with Gasteiger partial charge in [-0.1, -0.05) is 42.5 Å². The van der Waals surface area contributed by atoms with Crippen LogP contribution in [-0.4, -0.2) is 60.6 Å². The molecule has 0 radical (unpaired) electrons. The summed E-state index contributed by atoms with van der Waals surface area (Å²) in [7, 11) is 0. The molecule has 162 valence electrons. The molecule has 2 aromatic carbocycles. The fraction of sp³-hybridized carbons (Fsp3) is 0.458. The number of likely N-dealkylation sites (tertiary alicyclic amines) is 1. The second-order valence-corrected chi connectivity index (χ2v) is 8.38. The summed E-state index contributed by atoms with van der Waals surface area (Å²) in [5.41, 5.74) is 15.0. The predicted molar refractivity (Wildman–Crippen MR) is 132 cm³/mol. The van der Waals surface area contributed by atoms with E-state index in [0.717, 1.165) is 30.3 Å². The van der Waals surface area contributed by atoms with Crippen LogP contribution in [0.5, 0.6) is 0 Å². The fourth-order valence-corrected chi connectivity index (χ4v) is 4.61. The molecule has 2 fully saturated rings. The molecule has 0 bridgehead atoms. The molecule has 2 saturated heterocycles. The zero-order valence-electron chi connectivity index (χ0n) is 18.0. The third-order valence-electron chi connectivity index (χ3n) is 6.42. The third-order valence-corrected chi connectivity index (χ3v) is 6.42. The molecule has 4 rings (SSSR count). The first-order valence-corrected chi connectivity index (χ1v) is 11.4. The van der Waals surface area contributed by atoms with Crippen LogP contribution in [0.15, 0.2) is 54.6 Å². The Morgan fingerprint density at radius 3 is 2.03 bits per heavy atom.